The molecular weight excluding hydrogens is 655 g/mol. The number of carboxylic acids is 1. The van der Waals surface area contributed by atoms with Gasteiger partial charge in [0, 0.05) is 60.0 Å². The van der Waals surface area contributed by atoms with Gasteiger partial charge in [0.05, 0.1) is 47.8 Å². The summed E-state index contributed by atoms with van der Waals surface area (Å²) < 4.78 is 11.2. The van der Waals surface area contributed by atoms with Gasteiger partial charge in [-0.3, -0.25) is 20.0 Å². The predicted molar refractivity (Wildman–Crippen MR) is 184 cm³/mol. The largest absolute Gasteiger partial charge is 0.481 e. The van der Waals surface area contributed by atoms with Crippen LogP contribution in [0.15, 0.2) is 54.7 Å². The van der Waals surface area contributed by atoms with E-state index in [1.54, 1.807) is 13.3 Å². The van der Waals surface area contributed by atoms with Crippen molar-refractivity contribution in [3.8, 4) is 45.4 Å². The number of hydrogen-bond acceptors (Lipinski definition) is 10. The lowest BCUT2D eigenvalue weighted by atomic mass is 9.98. The average molecular weight is 694 g/mol. The van der Waals surface area contributed by atoms with Gasteiger partial charge in [-0.15, -0.1) is 0 Å². The molecule has 13 heteroatoms. The third-order valence-electron chi connectivity index (χ3n) is 8.89. The van der Waals surface area contributed by atoms with Crippen LogP contribution < -0.4 is 20.1 Å². The molecule has 0 radical (unpaired) electrons. The molecule has 0 aliphatic carbocycles. The number of aliphatic hydroxyl groups is 1. The van der Waals surface area contributed by atoms with E-state index in [1.807, 2.05) is 53.4 Å². The molecule has 4 heterocycles. The van der Waals surface area contributed by atoms with Crippen molar-refractivity contribution >= 4 is 29.2 Å². The fourth-order valence-corrected chi connectivity index (χ4v) is 6.98. The zero-order valence-corrected chi connectivity index (χ0v) is 28.3. The smallest absolute Gasteiger partial charge is 0.307 e. The molecular formula is C35H38Cl2N6O5. The van der Waals surface area contributed by atoms with E-state index in [-0.39, 0.29) is 12.0 Å². The first-order chi connectivity index (χ1) is 23.2. The van der Waals surface area contributed by atoms with Crippen molar-refractivity contribution in [3.05, 3.63) is 76.0 Å². The molecule has 0 amide bonds. The van der Waals surface area contributed by atoms with E-state index in [0.29, 0.717) is 77.1 Å². The second-order valence-electron chi connectivity index (χ2n) is 12.1. The number of pyridine rings is 1. The number of halogens is 2. The van der Waals surface area contributed by atoms with Crippen molar-refractivity contribution in [2.45, 2.75) is 44.6 Å². The van der Waals surface area contributed by atoms with Gasteiger partial charge in [0.1, 0.15) is 11.9 Å². The maximum Gasteiger partial charge on any atom is 0.307 e. The number of rotatable bonds is 12. The summed E-state index contributed by atoms with van der Waals surface area (Å²) in [7, 11) is 3.13. The number of carbonyl (C=O) groups is 1. The summed E-state index contributed by atoms with van der Waals surface area (Å²) in [6.45, 7) is 2.87. The first kappa shape index (κ1) is 34.0. The molecule has 2 fully saturated rings. The van der Waals surface area contributed by atoms with E-state index in [0.717, 1.165) is 41.6 Å². The number of nitrogens with zero attached hydrogens (tertiary/aromatic N) is 4. The van der Waals surface area contributed by atoms with E-state index in [9.17, 15) is 15.0 Å². The lowest BCUT2D eigenvalue weighted by molar-refractivity contribution is -0.141. The molecule has 0 spiro atoms. The van der Waals surface area contributed by atoms with Crippen molar-refractivity contribution in [1.82, 2.24) is 30.5 Å². The Hall–Kier alpha value is -3.84. The quantitative estimate of drug-likeness (QED) is 0.154. The van der Waals surface area contributed by atoms with Crippen LogP contribution in [0.2, 0.25) is 10.0 Å². The molecule has 4 N–H and O–H groups in total. The summed E-state index contributed by atoms with van der Waals surface area (Å²) in [6.07, 6.45) is 3.51. The van der Waals surface area contributed by atoms with Crippen LogP contribution in [0.1, 0.15) is 30.5 Å². The zero-order chi connectivity index (χ0) is 33.8. The highest BCUT2D eigenvalue weighted by atomic mass is 35.5. The van der Waals surface area contributed by atoms with Crippen LogP contribution >= 0.6 is 23.2 Å². The van der Waals surface area contributed by atoms with Crippen molar-refractivity contribution in [2.75, 3.05) is 33.9 Å². The number of aromatic nitrogens is 3. The maximum atomic E-state index is 11.4. The Labute approximate surface area is 289 Å². The third kappa shape index (κ3) is 7.41. The molecule has 0 bridgehead atoms. The molecule has 11 nitrogen and oxygen atoms in total. The second-order valence-corrected chi connectivity index (χ2v) is 12.8. The average Bonchev–Trinajstić information content (AvgIpc) is 3.74. The van der Waals surface area contributed by atoms with Crippen LogP contribution in [-0.2, 0) is 17.9 Å². The van der Waals surface area contributed by atoms with Gasteiger partial charge in [-0.2, -0.15) is 0 Å². The molecule has 0 saturated carbocycles. The Bertz CT molecular complexity index is 1790. The minimum atomic E-state index is -0.779. The number of hydrogen-bond donors (Lipinski definition) is 4. The SMILES string of the molecule is COc1nc(-c2cccc(-c3cccc(-c4cnc(CN5CC[C@H](C(=O)O)C5)c(OC)n4)c3Cl)c2Cl)ccc1CNC[C@@H]1CCC(O)N1. The highest BCUT2D eigenvalue weighted by Crippen LogP contribution is 2.42. The summed E-state index contributed by atoms with van der Waals surface area (Å²) >= 11 is 14.1. The lowest BCUT2D eigenvalue weighted by Gasteiger charge is -2.17. The van der Waals surface area contributed by atoms with E-state index in [1.165, 1.54) is 7.11 Å². The topological polar surface area (TPSA) is 142 Å². The molecule has 2 aliphatic heterocycles. The van der Waals surface area contributed by atoms with Gasteiger partial charge in [0.2, 0.25) is 11.8 Å². The Balaban J connectivity index is 1.23. The van der Waals surface area contributed by atoms with E-state index in [4.69, 9.17) is 42.6 Å². The predicted octanol–water partition coefficient (Wildman–Crippen LogP) is 5.26. The molecule has 2 aliphatic rings. The standard InChI is InChI=1S/C35H38Cl2N6O5/c1-47-33-20(15-38-16-22-10-12-30(44)40-22)9-11-27(41-33)25-7-3-5-23(31(25)36)24-6-4-8-26(32(24)37)28-17-39-29(34(42-28)48-2)19-43-14-13-21(18-43)35(45)46/h3-9,11,17,21-22,30,38,40,44H,10,12-16,18-19H2,1-2H3,(H,45,46)/t21-,22-,30?/m0/s1. The Kier molecular flexibility index (Phi) is 10.7. The summed E-state index contributed by atoms with van der Waals surface area (Å²) in [5.74, 6) is -0.293. The molecule has 1 unspecified atom stereocenters. The first-order valence-electron chi connectivity index (χ1n) is 15.9. The van der Waals surface area contributed by atoms with Crippen LogP contribution in [0.25, 0.3) is 33.6 Å². The second kappa shape index (κ2) is 15.1. The van der Waals surface area contributed by atoms with Gasteiger partial charge in [0.25, 0.3) is 0 Å². The molecule has 6 rings (SSSR count). The van der Waals surface area contributed by atoms with Crippen molar-refractivity contribution in [3.63, 3.8) is 0 Å². The molecule has 4 aromatic rings. The summed E-state index contributed by atoms with van der Waals surface area (Å²) in [5, 5.41) is 26.6. The summed E-state index contributed by atoms with van der Waals surface area (Å²) in [4.78, 5) is 27.6. The van der Waals surface area contributed by atoms with Crippen molar-refractivity contribution < 1.29 is 24.5 Å². The van der Waals surface area contributed by atoms with Gasteiger partial charge in [-0.05, 0) is 31.9 Å². The number of aliphatic carboxylic acids is 1. The normalized spacial score (nSPS) is 19.5. The van der Waals surface area contributed by atoms with Crippen molar-refractivity contribution in [2.24, 2.45) is 5.92 Å². The minimum absolute atomic E-state index is 0.230. The number of carboxylic acid groups (broad SMARTS) is 1. The maximum absolute atomic E-state index is 11.4. The van der Waals surface area contributed by atoms with Gasteiger partial charge >= 0.3 is 5.97 Å². The van der Waals surface area contributed by atoms with E-state index < -0.39 is 12.2 Å². The van der Waals surface area contributed by atoms with Crippen LogP contribution in [-0.4, -0.2) is 82.2 Å². The fourth-order valence-electron chi connectivity index (χ4n) is 6.33. The van der Waals surface area contributed by atoms with E-state index >= 15 is 0 Å². The lowest BCUT2D eigenvalue weighted by Crippen LogP contribution is -2.37. The van der Waals surface area contributed by atoms with E-state index in [2.05, 4.69) is 15.6 Å². The van der Waals surface area contributed by atoms with Crippen molar-refractivity contribution in [1.29, 1.82) is 0 Å². The van der Waals surface area contributed by atoms with Crippen LogP contribution in [0.3, 0.4) is 0 Å². The highest BCUT2D eigenvalue weighted by Gasteiger charge is 2.29. The molecule has 48 heavy (non-hydrogen) atoms. The van der Waals surface area contributed by atoms with Gasteiger partial charge < -0.3 is 25.0 Å². The summed E-state index contributed by atoms with van der Waals surface area (Å²) in [5.41, 5.74) is 5.60. The third-order valence-corrected chi connectivity index (χ3v) is 9.71. The number of likely N-dealkylation sites (tertiary alicyclic amines) is 1. The van der Waals surface area contributed by atoms with Crippen LogP contribution in [0.4, 0.5) is 0 Å². The Morgan fingerprint density at radius 2 is 1.60 bits per heavy atom. The zero-order valence-electron chi connectivity index (χ0n) is 26.7. The highest BCUT2D eigenvalue weighted by molar-refractivity contribution is 6.39. The molecule has 2 aromatic heterocycles. The number of aliphatic hydroxyl groups excluding tert-OH is 1. The Morgan fingerprint density at radius 1 is 0.938 bits per heavy atom. The molecule has 3 atom stereocenters. The number of methoxy groups -OCH3 is 2. The fraction of sp³-hybridized carbons (Fsp3) is 0.371. The number of nitrogens with one attached hydrogen (secondary N) is 2. The molecule has 252 valence electrons. The first-order valence-corrected chi connectivity index (χ1v) is 16.6. The number of benzene rings is 2. The van der Waals surface area contributed by atoms with Gasteiger partial charge in [-0.25, -0.2) is 9.97 Å². The van der Waals surface area contributed by atoms with Crippen LogP contribution in [0.5, 0.6) is 11.8 Å². The van der Waals surface area contributed by atoms with Gasteiger partial charge in [0.15, 0.2) is 0 Å². The molecule has 2 saturated heterocycles. The Morgan fingerprint density at radius 3 is 2.23 bits per heavy atom. The molecule has 2 aromatic carbocycles. The van der Waals surface area contributed by atoms with Crippen LogP contribution in [0, 0.1) is 5.92 Å². The number of ether oxygens (including phenoxy) is 2. The monoisotopic (exact) mass is 692 g/mol. The van der Waals surface area contributed by atoms with Gasteiger partial charge in [-0.1, -0.05) is 65.7 Å². The summed E-state index contributed by atoms with van der Waals surface area (Å²) in [6, 6.07) is 15.5. The minimum Gasteiger partial charge on any atom is -0.481 e.